The molecule has 0 aliphatic carbocycles. The van der Waals surface area contributed by atoms with Crippen LogP contribution in [0.1, 0.15) is 10.4 Å². The minimum Gasteiger partial charge on any atom is -0.423 e. The van der Waals surface area contributed by atoms with E-state index in [0.717, 1.165) is 10.4 Å². The molecule has 3 amide bonds. The van der Waals surface area contributed by atoms with Crippen molar-refractivity contribution in [3.05, 3.63) is 114 Å². The Bertz CT molecular complexity index is 1630. The molecule has 4 aromatic rings. The molecule has 0 spiro atoms. The van der Waals surface area contributed by atoms with Gasteiger partial charge in [0.2, 0.25) is 0 Å². The Kier molecular flexibility index (Phi) is 8.88. The number of nitro groups is 2. The number of ether oxygens (including phenoxy) is 1. The maximum absolute atomic E-state index is 13.3. The molecular weight excluding hydrogens is 632 g/mol. The molecule has 1 N–H and O–H groups in total. The van der Waals surface area contributed by atoms with Crippen LogP contribution in [-0.2, 0) is 0 Å². The number of rotatable bonds is 8. The summed E-state index contributed by atoms with van der Waals surface area (Å²) in [5, 5.41) is 25.0. The summed E-state index contributed by atoms with van der Waals surface area (Å²) in [6, 6.07) is 13.8. The lowest BCUT2D eigenvalue weighted by molar-refractivity contribution is -0.387. The number of carbonyl (C=O) groups is 2. The maximum Gasteiger partial charge on any atom is 0.339 e. The maximum atomic E-state index is 13.3. The first-order valence-corrected chi connectivity index (χ1v) is 12.8. The van der Waals surface area contributed by atoms with Gasteiger partial charge < -0.3 is 4.74 Å². The summed E-state index contributed by atoms with van der Waals surface area (Å²) in [4.78, 5) is 55.8. The topological polar surface area (TPSA) is 171 Å². The summed E-state index contributed by atoms with van der Waals surface area (Å²) in [5.41, 5.74) is -1.06. The van der Waals surface area contributed by atoms with E-state index in [1.807, 2.05) is 0 Å². The second-order valence-electron chi connectivity index (χ2n) is 7.54. The van der Waals surface area contributed by atoms with Crippen molar-refractivity contribution in [1.82, 2.24) is 15.3 Å². The zero-order valence-corrected chi connectivity index (χ0v) is 22.9. The summed E-state index contributed by atoms with van der Waals surface area (Å²) in [6.07, 6.45) is 2.93. The van der Waals surface area contributed by atoms with Crippen LogP contribution in [0.5, 0.6) is 11.8 Å². The van der Waals surface area contributed by atoms with Crippen LogP contribution in [0, 0.1) is 20.2 Å². The van der Waals surface area contributed by atoms with Crippen LogP contribution in [0.3, 0.4) is 0 Å². The summed E-state index contributed by atoms with van der Waals surface area (Å²) in [5.74, 6) is -0.913. The number of halogens is 2. The molecule has 1 heterocycles. The quantitative estimate of drug-likeness (QED) is 0.126. The third-order valence-electron chi connectivity index (χ3n) is 4.95. The molecule has 0 bridgehead atoms. The highest BCUT2D eigenvalue weighted by Gasteiger charge is 2.27. The van der Waals surface area contributed by atoms with Crippen LogP contribution in [0.2, 0.25) is 5.02 Å². The van der Waals surface area contributed by atoms with Crippen LogP contribution in [0.15, 0.2) is 88.5 Å². The van der Waals surface area contributed by atoms with Crippen molar-refractivity contribution in [3.8, 4) is 11.8 Å². The van der Waals surface area contributed by atoms with Crippen molar-refractivity contribution in [3.63, 3.8) is 0 Å². The lowest BCUT2D eigenvalue weighted by atomic mass is 10.1. The molecular formula is C24H14BrClN6O7S. The number of hydrogen-bond donors (Lipinski definition) is 1. The number of nitro benzene ring substituents is 2. The van der Waals surface area contributed by atoms with Gasteiger partial charge in [-0.25, -0.2) is 19.1 Å². The second kappa shape index (κ2) is 12.5. The van der Waals surface area contributed by atoms with Crippen molar-refractivity contribution in [2.45, 2.75) is 4.90 Å². The molecule has 0 aliphatic heterocycles. The standard InChI is InChI=1S/C24H14BrClN6O7S/c25-14-12-27-23(28-13-14)39-20-10-9-15(11-17(20)26)30(40-21-8-4-3-7-19(21)32(37)38)24(34)29-22(33)16-5-1-2-6-18(16)31(35)36/h1-13H,(H,29,33,34). The van der Waals surface area contributed by atoms with Gasteiger partial charge in [0.05, 0.1) is 25.0 Å². The Morgan fingerprint density at radius 3 is 2.23 bits per heavy atom. The molecule has 4 rings (SSSR count). The second-order valence-corrected chi connectivity index (χ2v) is 9.86. The average Bonchev–Trinajstić information content (AvgIpc) is 2.94. The van der Waals surface area contributed by atoms with E-state index in [0.29, 0.717) is 16.4 Å². The van der Waals surface area contributed by atoms with E-state index >= 15 is 0 Å². The summed E-state index contributed by atoms with van der Waals surface area (Å²) in [7, 11) is 0. The van der Waals surface area contributed by atoms with E-state index < -0.39 is 27.5 Å². The van der Waals surface area contributed by atoms with Crippen molar-refractivity contribution >= 4 is 68.5 Å². The molecule has 40 heavy (non-hydrogen) atoms. The Morgan fingerprint density at radius 1 is 0.950 bits per heavy atom. The number of carbonyl (C=O) groups excluding carboxylic acids is 2. The number of para-hydroxylation sites is 2. The molecule has 16 heteroatoms. The predicted molar refractivity (Wildman–Crippen MR) is 149 cm³/mol. The number of nitrogens with zero attached hydrogens (tertiary/aromatic N) is 5. The third-order valence-corrected chi connectivity index (χ3v) is 6.76. The van der Waals surface area contributed by atoms with Gasteiger partial charge in [-0.3, -0.25) is 30.3 Å². The SMILES string of the molecule is O=C(NC(=O)N(Sc1ccccc1[N+](=O)[O-])c1ccc(Oc2ncc(Br)cn2)c(Cl)c1)c1ccccc1[N+](=O)[O-]. The highest BCUT2D eigenvalue weighted by molar-refractivity contribution is 9.10. The minimum atomic E-state index is -1.05. The Hall–Kier alpha value is -4.60. The average molecular weight is 646 g/mol. The number of imide groups is 1. The van der Waals surface area contributed by atoms with Gasteiger partial charge >= 0.3 is 12.0 Å². The molecule has 13 nitrogen and oxygen atoms in total. The van der Waals surface area contributed by atoms with E-state index in [1.165, 1.54) is 73.1 Å². The van der Waals surface area contributed by atoms with Gasteiger partial charge in [0, 0.05) is 36.5 Å². The molecule has 0 saturated heterocycles. The van der Waals surface area contributed by atoms with E-state index in [1.54, 1.807) is 0 Å². The summed E-state index contributed by atoms with van der Waals surface area (Å²) >= 11 is 10.2. The first kappa shape index (κ1) is 28.4. The summed E-state index contributed by atoms with van der Waals surface area (Å²) in [6.45, 7) is 0. The normalized spacial score (nSPS) is 10.4. The Balaban J connectivity index is 1.68. The van der Waals surface area contributed by atoms with Crippen molar-refractivity contribution in [1.29, 1.82) is 0 Å². The van der Waals surface area contributed by atoms with E-state index in [9.17, 15) is 29.8 Å². The molecule has 0 unspecified atom stereocenters. The van der Waals surface area contributed by atoms with Gasteiger partial charge in [-0.2, -0.15) is 0 Å². The molecule has 202 valence electrons. The van der Waals surface area contributed by atoms with Gasteiger partial charge in [-0.05, 0) is 46.3 Å². The lowest BCUT2D eigenvalue weighted by Gasteiger charge is -2.22. The molecule has 0 saturated carbocycles. The van der Waals surface area contributed by atoms with Gasteiger partial charge in [0.25, 0.3) is 17.3 Å². The third kappa shape index (κ3) is 6.69. The van der Waals surface area contributed by atoms with E-state index in [2.05, 4.69) is 31.2 Å². The number of nitrogens with one attached hydrogen (secondary N) is 1. The number of urea groups is 1. The van der Waals surface area contributed by atoms with Crippen LogP contribution < -0.4 is 14.4 Å². The van der Waals surface area contributed by atoms with E-state index in [-0.39, 0.29) is 38.6 Å². The van der Waals surface area contributed by atoms with Gasteiger partial charge in [-0.15, -0.1) is 0 Å². The van der Waals surface area contributed by atoms with Crippen molar-refractivity contribution in [2.75, 3.05) is 4.31 Å². The highest BCUT2D eigenvalue weighted by atomic mass is 79.9. The largest absolute Gasteiger partial charge is 0.423 e. The molecule has 0 fully saturated rings. The molecule has 0 radical (unpaired) electrons. The van der Waals surface area contributed by atoms with Gasteiger partial charge in [0.1, 0.15) is 16.2 Å². The Morgan fingerprint density at radius 2 is 1.57 bits per heavy atom. The number of aromatic nitrogens is 2. The number of anilines is 1. The minimum absolute atomic E-state index is 0.00298. The fourth-order valence-electron chi connectivity index (χ4n) is 3.19. The lowest BCUT2D eigenvalue weighted by Crippen LogP contribution is -2.39. The monoisotopic (exact) mass is 644 g/mol. The number of hydrogen-bond acceptors (Lipinski definition) is 10. The van der Waals surface area contributed by atoms with Gasteiger partial charge in [-0.1, -0.05) is 35.9 Å². The van der Waals surface area contributed by atoms with Crippen molar-refractivity contribution < 1.29 is 24.2 Å². The predicted octanol–water partition coefficient (Wildman–Crippen LogP) is 6.56. The first-order chi connectivity index (χ1) is 19.1. The van der Waals surface area contributed by atoms with Crippen LogP contribution in [-0.4, -0.2) is 31.8 Å². The number of amides is 3. The Labute approximate surface area is 242 Å². The zero-order chi connectivity index (χ0) is 28.8. The zero-order valence-electron chi connectivity index (χ0n) is 19.8. The summed E-state index contributed by atoms with van der Waals surface area (Å²) < 4.78 is 7.15. The molecule has 0 atom stereocenters. The number of benzene rings is 3. The van der Waals surface area contributed by atoms with Crippen LogP contribution >= 0.6 is 39.5 Å². The van der Waals surface area contributed by atoms with E-state index in [4.69, 9.17) is 16.3 Å². The first-order valence-electron chi connectivity index (χ1n) is 10.9. The van der Waals surface area contributed by atoms with Crippen molar-refractivity contribution in [2.24, 2.45) is 0 Å². The molecule has 0 aliphatic rings. The van der Waals surface area contributed by atoms with Crippen LogP contribution in [0.25, 0.3) is 0 Å². The molecule has 3 aromatic carbocycles. The smallest absolute Gasteiger partial charge is 0.339 e. The van der Waals surface area contributed by atoms with Gasteiger partial charge in [0.15, 0.2) is 0 Å². The molecule has 1 aromatic heterocycles. The highest BCUT2D eigenvalue weighted by Crippen LogP contribution is 2.38. The fraction of sp³-hybridized carbons (Fsp3) is 0. The fourth-order valence-corrected chi connectivity index (χ4v) is 4.52. The van der Waals surface area contributed by atoms with Crippen LogP contribution in [0.4, 0.5) is 21.9 Å².